The number of alkyl halides is 4. The molecule has 8 heteroatoms. The summed E-state index contributed by atoms with van der Waals surface area (Å²) in [5.41, 5.74) is -1.34. The second kappa shape index (κ2) is 4.54. The predicted octanol–water partition coefficient (Wildman–Crippen LogP) is -0.273. The minimum absolute atomic E-state index is 0.132. The molecule has 16 heavy (non-hydrogen) atoms. The second-order valence-corrected chi connectivity index (χ2v) is 3.76. The lowest BCUT2D eigenvalue weighted by atomic mass is 10.0. The van der Waals surface area contributed by atoms with Crippen LogP contribution in [0.3, 0.4) is 0 Å². The minimum Gasteiger partial charge on any atom is -0.387 e. The van der Waals surface area contributed by atoms with Crippen LogP contribution in [0.4, 0.5) is 17.6 Å². The Morgan fingerprint density at radius 1 is 1.56 bits per heavy atom. The number of nitrogens with one attached hydrogen (secondary N) is 2. The van der Waals surface area contributed by atoms with Crippen molar-refractivity contribution in [2.24, 2.45) is 0 Å². The molecule has 0 bridgehead atoms. The Balaban J connectivity index is 2.46. The molecule has 94 valence electrons. The maximum Gasteiger partial charge on any atom is 0.383 e. The van der Waals surface area contributed by atoms with Crippen molar-refractivity contribution in [2.45, 2.75) is 24.4 Å². The molecule has 1 atom stereocenters. The summed E-state index contributed by atoms with van der Waals surface area (Å²) in [6.45, 7) is 0.145. The number of aliphatic hydroxyl groups is 1. The van der Waals surface area contributed by atoms with Crippen molar-refractivity contribution in [1.82, 2.24) is 10.6 Å². The lowest BCUT2D eigenvalue weighted by Crippen LogP contribution is -2.51. The molecule has 0 radical (unpaired) electrons. The maximum atomic E-state index is 12.5. The summed E-state index contributed by atoms with van der Waals surface area (Å²) in [7, 11) is 0. The van der Waals surface area contributed by atoms with Crippen LogP contribution in [0, 0.1) is 0 Å². The van der Waals surface area contributed by atoms with Gasteiger partial charge < -0.3 is 15.7 Å². The summed E-state index contributed by atoms with van der Waals surface area (Å²) in [6, 6.07) is 0. The molecule has 1 heterocycles. The zero-order valence-corrected chi connectivity index (χ0v) is 8.27. The van der Waals surface area contributed by atoms with E-state index in [1.807, 2.05) is 0 Å². The van der Waals surface area contributed by atoms with Crippen LogP contribution < -0.4 is 10.6 Å². The summed E-state index contributed by atoms with van der Waals surface area (Å²) in [5, 5.41) is 14.0. The predicted molar refractivity (Wildman–Crippen MR) is 46.4 cm³/mol. The standard InChI is InChI=1S/C8H12F4N2O2/c9-5(10)8(11,12)6(15)14-4-7(16)1-2-13-3-7/h5,13,16H,1-4H2,(H,14,15). The zero-order valence-electron chi connectivity index (χ0n) is 8.27. The van der Waals surface area contributed by atoms with Gasteiger partial charge in [-0.25, -0.2) is 8.78 Å². The summed E-state index contributed by atoms with van der Waals surface area (Å²) in [6.07, 6.45) is -3.78. The molecular formula is C8H12F4N2O2. The smallest absolute Gasteiger partial charge is 0.383 e. The molecule has 0 spiro atoms. The lowest BCUT2D eigenvalue weighted by Gasteiger charge is -2.23. The van der Waals surface area contributed by atoms with Crippen molar-refractivity contribution in [3.63, 3.8) is 0 Å². The third kappa shape index (κ3) is 2.82. The molecule has 0 aliphatic carbocycles. The average Bonchev–Trinajstić information content (AvgIpc) is 2.62. The third-order valence-electron chi connectivity index (χ3n) is 2.38. The highest BCUT2D eigenvalue weighted by Crippen LogP contribution is 2.23. The Morgan fingerprint density at radius 3 is 2.62 bits per heavy atom. The van der Waals surface area contributed by atoms with E-state index < -0.39 is 30.4 Å². The van der Waals surface area contributed by atoms with Gasteiger partial charge in [-0.1, -0.05) is 0 Å². The highest BCUT2D eigenvalue weighted by Gasteiger charge is 2.49. The molecule has 0 aromatic rings. The number of hydrogen-bond acceptors (Lipinski definition) is 3. The number of amides is 1. The first-order valence-electron chi connectivity index (χ1n) is 4.65. The summed E-state index contributed by atoms with van der Waals surface area (Å²) < 4.78 is 48.5. The molecule has 0 aromatic carbocycles. The van der Waals surface area contributed by atoms with Crippen molar-refractivity contribution in [3.05, 3.63) is 0 Å². The largest absolute Gasteiger partial charge is 0.387 e. The van der Waals surface area contributed by atoms with Gasteiger partial charge in [-0.05, 0) is 13.0 Å². The Labute approximate surface area is 89.0 Å². The maximum absolute atomic E-state index is 12.5. The summed E-state index contributed by atoms with van der Waals surface area (Å²) >= 11 is 0. The number of β-amino-alcohol motifs (C(OH)–C–C–N with tert-alkyl or cyclic N) is 1. The highest BCUT2D eigenvalue weighted by molar-refractivity contribution is 5.83. The fourth-order valence-electron chi connectivity index (χ4n) is 1.34. The molecule has 0 aromatic heterocycles. The molecule has 1 unspecified atom stereocenters. The van der Waals surface area contributed by atoms with Crippen LogP contribution in [-0.2, 0) is 4.79 Å². The van der Waals surface area contributed by atoms with E-state index in [2.05, 4.69) is 5.32 Å². The van der Waals surface area contributed by atoms with Crippen molar-refractivity contribution in [2.75, 3.05) is 19.6 Å². The van der Waals surface area contributed by atoms with Gasteiger partial charge in [0.15, 0.2) is 0 Å². The Hall–Kier alpha value is -0.890. The number of hydrogen-bond donors (Lipinski definition) is 3. The number of rotatable bonds is 4. The van der Waals surface area contributed by atoms with Crippen LogP contribution in [0.2, 0.25) is 0 Å². The SMILES string of the molecule is O=C(NCC1(O)CCNC1)C(F)(F)C(F)F. The van der Waals surface area contributed by atoms with Gasteiger partial charge in [0, 0.05) is 13.1 Å². The fourth-order valence-corrected chi connectivity index (χ4v) is 1.34. The van der Waals surface area contributed by atoms with Crippen LogP contribution in [-0.4, -0.2) is 48.6 Å². The topological polar surface area (TPSA) is 61.4 Å². The molecule has 4 nitrogen and oxygen atoms in total. The number of carbonyl (C=O) groups excluding carboxylic acids is 1. The first-order chi connectivity index (χ1) is 7.28. The average molecular weight is 244 g/mol. The van der Waals surface area contributed by atoms with Crippen LogP contribution in [0.25, 0.3) is 0 Å². The van der Waals surface area contributed by atoms with Gasteiger partial charge in [0.1, 0.15) is 0 Å². The summed E-state index contributed by atoms with van der Waals surface area (Å²) in [5.74, 6) is -6.79. The van der Waals surface area contributed by atoms with Crippen molar-refractivity contribution >= 4 is 5.91 Å². The quantitative estimate of drug-likeness (QED) is 0.596. The summed E-state index contributed by atoms with van der Waals surface area (Å²) in [4.78, 5) is 10.7. The molecule has 1 fully saturated rings. The fraction of sp³-hybridized carbons (Fsp3) is 0.875. The van der Waals surface area contributed by atoms with E-state index in [0.717, 1.165) is 0 Å². The molecule has 1 rings (SSSR count). The van der Waals surface area contributed by atoms with Crippen LogP contribution in [0.1, 0.15) is 6.42 Å². The van der Waals surface area contributed by atoms with Gasteiger partial charge in [-0.15, -0.1) is 0 Å². The molecule has 1 aliphatic rings. The molecule has 3 N–H and O–H groups in total. The zero-order chi connectivity index (χ0) is 12.4. The Morgan fingerprint density at radius 2 is 2.19 bits per heavy atom. The van der Waals surface area contributed by atoms with Gasteiger partial charge in [0.2, 0.25) is 0 Å². The van der Waals surface area contributed by atoms with Gasteiger partial charge in [0.25, 0.3) is 5.91 Å². The van der Waals surface area contributed by atoms with Crippen molar-refractivity contribution in [1.29, 1.82) is 0 Å². The molecule has 1 aliphatic heterocycles. The van der Waals surface area contributed by atoms with E-state index in [1.54, 1.807) is 5.32 Å². The van der Waals surface area contributed by atoms with E-state index in [0.29, 0.717) is 6.54 Å². The molecule has 1 amide bonds. The van der Waals surface area contributed by atoms with Crippen LogP contribution >= 0.6 is 0 Å². The first-order valence-corrected chi connectivity index (χ1v) is 4.65. The van der Waals surface area contributed by atoms with Gasteiger partial charge in [-0.3, -0.25) is 4.79 Å². The second-order valence-electron chi connectivity index (χ2n) is 3.76. The van der Waals surface area contributed by atoms with E-state index in [-0.39, 0.29) is 13.0 Å². The van der Waals surface area contributed by atoms with Crippen LogP contribution in [0.5, 0.6) is 0 Å². The monoisotopic (exact) mass is 244 g/mol. The van der Waals surface area contributed by atoms with Crippen molar-refractivity contribution < 1.29 is 27.5 Å². The van der Waals surface area contributed by atoms with E-state index in [4.69, 9.17) is 0 Å². The van der Waals surface area contributed by atoms with Gasteiger partial charge in [0.05, 0.1) is 5.60 Å². The Bertz CT molecular complexity index is 267. The molecular weight excluding hydrogens is 232 g/mol. The van der Waals surface area contributed by atoms with E-state index in [9.17, 15) is 27.5 Å². The van der Waals surface area contributed by atoms with Crippen LogP contribution in [0.15, 0.2) is 0 Å². The Kier molecular flexibility index (Phi) is 3.74. The van der Waals surface area contributed by atoms with E-state index >= 15 is 0 Å². The molecule has 1 saturated heterocycles. The number of halogens is 4. The number of carbonyl (C=O) groups is 1. The normalized spacial score (nSPS) is 26.1. The first kappa shape index (κ1) is 13.2. The van der Waals surface area contributed by atoms with Crippen molar-refractivity contribution in [3.8, 4) is 0 Å². The van der Waals surface area contributed by atoms with Gasteiger partial charge in [-0.2, -0.15) is 8.78 Å². The third-order valence-corrected chi connectivity index (χ3v) is 2.38. The van der Waals surface area contributed by atoms with E-state index in [1.165, 1.54) is 0 Å². The van der Waals surface area contributed by atoms with Gasteiger partial charge >= 0.3 is 12.3 Å². The minimum atomic E-state index is -4.72. The molecule has 0 saturated carbocycles. The lowest BCUT2D eigenvalue weighted by molar-refractivity contribution is -0.170. The highest BCUT2D eigenvalue weighted by atomic mass is 19.3.